The van der Waals surface area contributed by atoms with Crippen LogP contribution in [0.5, 0.6) is 0 Å². The van der Waals surface area contributed by atoms with Gasteiger partial charge in [-0.05, 0) is 49.9 Å². The van der Waals surface area contributed by atoms with Gasteiger partial charge in [-0.15, -0.1) is 0 Å². The standard InChI is InChI=1S/C26H24N4O/c1-29-25(17-7-3-2-4-8-17)21-16-20-10-5-11-23(24(21)28-29)30(20)26(31)19-12-13-22-18(15-19)9-6-14-27-22/h2-4,6-9,12-15,20,23H,5,10-11,16H2,1H3. The van der Waals surface area contributed by atoms with Crippen LogP contribution in [0.3, 0.4) is 0 Å². The van der Waals surface area contributed by atoms with Gasteiger partial charge in [0, 0.05) is 41.4 Å². The molecule has 5 heteroatoms. The van der Waals surface area contributed by atoms with Gasteiger partial charge in [0.05, 0.1) is 22.9 Å². The second-order valence-electron chi connectivity index (χ2n) is 8.63. The molecule has 2 aromatic carbocycles. The third kappa shape index (κ3) is 2.87. The van der Waals surface area contributed by atoms with Crippen molar-refractivity contribution < 1.29 is 4.79 Å². The maximum Gasteiger partial charge on any atom is 0.254 e. The zero-order chi connectivity index (χ0) is 20.9. The first-order valence-electron chi connectivity index (χ1n) is 11.0. The van der Waals surface area contributed by atoms with Gasteiger partial charge in [0.2, 0.25) is 0 Å². The van der Waals surface area contributed by atoms with Crippen molar-refractivity contribution in [2.45, 2.75) is 37.8 Å². The van der Waals surface area contributed by atoms with Crippen LogP contribution < -0.4 is 0 Å². The Kier molecular flexibility index (Phi) is 4.16. The van der Waals surface area contributed by atoms with E-state index in [1.165, 1.54) is 16.8 Å². The van der Waals surface area contributed by atoms with Crippen molar-refractivity contribution in [3.8, 4) is 11.3 Å². The number of benzene rings is 2. The van der Waals surface area contributed by atoms with Gasteiger partial charge in [-0.3, -0.25) is 14.5 Å². The summed E-state index contributed by atoms with van der Waals surface area (Å²) < 4.78 is 2.01. The lowest BCUT2D eigenvalue weighted by Gasteiger charge is -2.45. The maximum absolute atomic E-state index is 13.7. The van der Waals surface area contributed by atoms with Gasteiger partial charge in [0.15, 0.2) is 0 Å². The van der Waals surface area contributed by atoms with Crippen LogP contribution in [0.4, 0.5) is 0 Å². The summed E-state index contributed by atoms with van der Waals surface area (Å²) in [6, 6.07) is 20.5. The normalized spacial score (nSPS) is 20.0. The van der Waals surface area contributed by atoms with Crippen LogP contribution in [-0.4, -0.2) is 31.6 Å². The minimum absolute atomic E-state index is 0.0447. The second-order valence-corrected chi connectivity index (χ2v) is 8.63. The van der Waals surface area contributed by atoms with Crippen LogP contribution in [0.15, 0.2) is 66.9 Å². The average Bonchev–Trinajstić information content (AvgIpc) is 3.14. The summed E-state index contributed by atoms with van der Waals surface area (Å²) in [6.07, 6.45) is 5.80. The largest absolute Gasteiger partial charge is 0.327 e. The fraction of sp³-hybridized carbons (Fsp3) is 0.269. The third-order valence-corrected chi connectivity index (χ3v) is 6.81. The molecule has 0 spiro atoms. The predicted octanol–water partition coefficient (Wildman–Crippen LogP) is 4.93. The molecule has 31 heavy (non-hydrogen) atoms. The summed E-state index contributed by atoms with van der Waals surface area (Å²) in [6.45, 7) is 0. The van der Waals surface area contributed by atoms with Gasteiger partial charge in [-0.1, -0.05) is 36.4 Å². The molecule has 0 N–H and O–H groups in total. The van der Waals surface area contributed by atoms with Crippen LogP contribution in [0.25, 0.3) is 22.2 Å². The number of aromatic nitrogens is 3. The fourth-order valence-electron chi connectivity index (χ4n) is 5.46. The number of hydrogen-bond acceptors (Lipinski definition) is 3. The molecule has 0 saturated carbocycles. The van der Waals surface area contributed by atoms with E-state index in [1.807, 2.05) is 48.1 Å². The highest BCUT2D eigenvalue weighted by atomic mass is 16.2. The van der Waals surface area contributed by atoms with Crippen molar-refractivity contribution in [1.29, 1.82) is 0 Å². The smallest absolute Gasteiger partial charge is 0.254 e. The van der Waals surface area contributed by atoms with E-state index in [4.69, 9.17) is 5.10 Å². The van der Waals surface area contributed by atoms with E-state index < -0.39 is 0 Å². The summed E-state index contributed by atoms with van der Waals surface area (Å²) in [7, 11) is 2.02. The third-order valence-electron chi connectivity index (χ3n) is 6.81. The molecule has 2 aliphatic rings. The Labute approximate surface area is 181 Å². The minimum Gasteiger partial charge on any atom is -0.327 e. The molecule has 1 amide bonds. The van der Waals surface area contributed by atoms with Crippen LogP contribution in [-0.2, 0) is 13.5 Å². The molecule has 4 heterocycles. The molecule has 154 valence electrons. The first-order valence-corrected chi connectivity index (χ1v) is 11.0. The van der Waals surface area contributed by atoms with Crippen LogP contribution in [0.2, 0.25) is 0 Å². The molecule has 0 radical (unpaired) electrons. The number of rotatable bonds is 2. The maximum atomic E-state index is 13.7. The van der Waals surface area contributed by atoms with E-state index in [9.17, 15) is 4.79 Å². The number of pyridine rings is 1. The molecule has 2 unspecified atom stereocenters. The van der Waals surface area contributed by atoms with Gasteiger partial charge in [-0.25, -0.2) is 0 Å². The Hall–Kier alpha value is -3.47. The molecule has 1 fully saturated rings. The average molecular weight is 409 g/mol. The number of nitrogens with zero attached hydrogens (tertiary/aromatic N) is 4. The molecule has 2 aromatic heterocycles. The quantitative estimate of drug-likeness (QED) is 0.473. The summed E-state index contributed by atoms with van der Waals surface area (Å²) >= 11 is 0. The molecule has 4 aromatic rings. The van der Waals surface area contributed by atoms with E-state index in [2.05, 4.69) is 34.1 Å². The first kappa shape index (κ1) is 18.3. The fourth-order valence-corrected chi connectivity index (χ4v) is 5.46. The number of fused-ring (bicyclic) bond motifs is 5. The predicted molar refractivity (Wildman–Crippen MR) is 121 cm³/mol. The van der Waals surface area contributed by atoms with Crippen molar-refractivity contribution in [3.63, 3.8) is 0 Å². The number of hydrogen-bond donors (Lipinski definition) is 0. The summed E-state index contributed by atoms with van der Waals surface area (Å²) in [5.74, 6) is 0.109. The Morgan fingerprint density at radius 3 is 2.77 bits per heavy atom. The highest BCUT2D eigenvalue weighted by Gasteiger charge is 2.43. The molecule has 6 rings (SSSR count). The lowest BCUT2D eigenvalue weighted by molar-refractivity contribution is 0.0392. The lowest BCUT2D eigenvalue weighted by Crippen LogP contribution is -2.49. The Morgan fingerprint density at radius 1 is 1.03 bits per heavy atom. The van der Waals surface area contributed by atoms with Gasteiger partial charge in [-0.2, -0.15) is 5.10 Å². The van der Waals surface area contributed by atoms with E-state index in [0.717, 1.165) is 47.8 Å². The monoisotopic (exact) mass is 408 g/mol. The molecular formula is C26H24N4O. The number of amides is 1. The Morgan fingerprint density at radius 2 is 1.90 bits per heavy atom. The number of aryl methyl sites for hydroxylation is 1. The van der Waals surface area contributed by atoms with Crippen LogP contribution in [0, 0.1) is 0 Å². The number of carbonyl (C=O) groups excluding carboxylic acids is 1. The summed E-state index contributed by atoms with van der Waals surface area (Å²) in [5.41, 5.74) is 6.43. The Bertz CT molecular complexity index is 1290. The molecule has 2 atom stereocenters. The minimum atomic E-state index is 0.0447. The second kappa shape index (κ2) is 7.05. The van der Waals surface area contributed by atoms with E-state index in [1.54, 1.807) is 6.20 Å². The molecule has 2 bridgehead atoms. The van der Waals surface area contributed by atoms with Crippen molar-refractivity contribution in [3.05, 3.63) is 83.7 Å². The highest BCUT2D eigenvalue weighted by Crippen LogP contribution is 2.45. The van der Waals surface area contributed by atoms with Crippen molar-refractivity contribution in [1.82, 2.24) is 19.7 Å². The van der Waals surface area contributed by atoms with E-state index in [0.29, 0.717) is 0 Å². The first-order chi connectivity index (χ1) is 15.2. The van der Waals surface area contributed by atoms with Crippen molar-refractivity contribution >= 4 is 16.8 Å². The molecule has 0 aliphatic carbocycles. The van der Waals surface area contributed by atoms with Gasteiger partial charge in [0.1, 0.15) is 0 Å². The van der Waals surface area contributed by atoms with E-state index in [-0.39, 0.29) is 18.0 Å². The van der Waals surface area contributed by atoms with Crippen LogP contribution in [0.1, 0.15) is 46.9 Å². The number of carbonyl (C=O) groups is 1. The molecule has 5 nitrogen and oxygen atoms in total. The van der Waals surface area contributed by atoms with Crippen molar-refractivity contribution in [2.24, 2.45) is 7.05 Å². The molecule has 1 saturated heterocycles. The Balaban J connectivity index is 1.42. The molecular weight excluding hydrogens is 384 g/mol. The zero-order valence-corrected chi connectivity index (χ0v) is 17.5. The van der Waals surface area contributed by atoms with Gasteiger partial charge >= 0.3 is 0 Å². The van der Waals surface area contributed by atoms with Gasteiger partial charge in [0.25, 0.3) is 5.91 Å². The topological polar surface area (TPSA) is 51.0 Å². The van der Waals surface area contributed by atoms with Crippen molar-refractivity contribution in [2.75, 3.05) is 0 Å². The SMILES string of the molecule is Cn1nc2c(c1-c1ccccc1)CC1CCCC2N1C(=O)c1ccc2ncccc2c1. The lowest BCUT2D eigenvalue weighted by atomic mass is 9.81. The van der Waals surface area contributed by atoms with Gasteiger partial charge < -0.3 is 4.90 Å². The van der Waals surface area contributed by atoms with Crippen LogP contribution >= 0.6 is 0 Å². The zero-order valence-electron chi connectivity index (χ0n) is 17.5. The summed E-state index contributed by atoms with van der Waals surface area (Å²) in [4.78, 5) is 20.2. The number of piperidine rings is 1. The highest BCUT2D eigenvalue weighted by molar-refractivity contribution is 5.98. The van der Waals surface area contributed by atoms with E-state index >= 15 is 0 Å². The summed E-state index contributed by atoms with van der Waals surface area (Å²) in [5, 5.41) is 5.94. The molecule has 2 aliphatic heterocycles.